The second-order valence-corrected chi connectivity index (χ2v) is 8.93. The average molecular weight is 487 g/mol. The lowest BCUT2D eigenvalue weighted by Crippen LogP contribution is -2.34. The molecule has 34 heavy (non-hydrogen) atoms. The van der Waals surface area contributed by atoms with Crippen LogP contribution in [0.25, 0.3) is 10.9 Å². The minimum Gasteiger partial charge on any atom is -0.497 e. The van der Waals surface area contributed by atoms with E-state index >= 15 is 0 Å². The summed E-state index contributed by atoms with van der Waals surface area (Å²) in [6.45, 7) is 3.55. The number of halogens is 1. The third-order valence-corrected chi connectivity index (χ3v) is 6.43. The molecule has 5 rings (SSSR count). The third-order valence-electron chi connectivity index (χ3n) is 6.43. The van der Waals surface area contributed by atoms with Gasteiger partial charge in [-0.2, -0.15) is 0 Å². The third kappa shape index (κ3) is 5.01. The number of fused-ring (bicyclic) bond motifs is 2. The number of anilines is 1. The molecule has 2 aliphatic rings. The van der Waals surface area contributed by atoms with E-state index < -0.39 is 0 Å². The van der Waals surface area contributed by atoms with Crippen LogP contribution in [0.2, 0.25) is 0 Å². The van der Waals surface area contributed by atoms with Crippen LogP contribution in [0, 0.1) is 0 Å². The summed E-state index contributed by atoms with van der Waals surface area (Å²) in [6.07, 6.45) is 4.90. The largest absolute Gasteiger partial charge is 0.497 e. The molecule has 10 heteroatoms. The van der Waals surface area contributed by atoms with Crippen LogP contribution >= 0.6 is 12.4 Å². The van der Waals surface area contributed by atoms with Crippen molar-refractivity contribution in [2.75, 3.05) is 45.9 Å². The van der Waals surface area contributed by atoms with Gasteiger partial charge in [0.05, 0.1) is 36.9 Å². The summed E-state index contributed by atoms with van der Waals surface area (Å²) in [7, 11) is 5.39. The van der Waals surface area contributed by atoms with Crippen molar-refractivity contribution in [3.8, 4) is 5.75 Å². The standard InChI is InChI=1S/C24H30N6O3.ClH/c1-29(8-9-32-2)14-21-25-12-16-13-30(7-6-19(16)26-21)24-27-20-11-17(33-3)10-18(15-4-5-15)22(20)23(31)28-24;/h10-12,15H,4-9,13-14H2,1-3H3,(H,27,28,31);1H. The van der Waals surface area contributed by atoms with E-state index in [4.69, 9.17) is 19.4 Å². The van der Waals surface area contributed by atoms with Crippen molar-refractivity contribution in [2.24, 2.45) is 0 Å². The van der Waals surface area contributed by atoms with Crippen LogP contribution in [0.1, 0.15) is 41.4 Å². The summed E-state index contributed by atoms with van der Waals surface area (Å²) < 4.78 is 10.6. The summed E-state index contributed by atoms with van der Waals surface area (Å²) in [4.78, 5) is 34.5. The van der Waals surface area contributed by atoms with Gasteiger partial charge < -0.3 is 14.4 Å². The SMILES string of the molecule is COCCN(C)Cc1ncc2c(n1)CCN(c1nc3cc(OC)cc(C4CC4)c3c(=O)[nH]1)C2.Cl. The minimum absolute atomic E-state index is 0. The Labute approximate surface area is 204 Å². The van der Waals surface area contributed by atoms with Gasteiger partial charge in [-0.1, -0.05) is 0 Å². The molecular formula is C24H31ClN6O3. The first kappa shape index (κ1) is 24.4. The lowest BCUT2D eigenvalue weighted by Gasteiger charge is -2.29. The van der Waals surface area contributed by atoms with Crippen LogP contribution in [0.15, 0.2) is 23.1 Å². The molecule has 0 amide bonds. The fourth-order valence-electron chi connectivity index (χ4n) is 4.43. The monoisotopic (exact) mass is 486 g/mol. The number of aromatic nitrogens is 4. The zero-order chi connectivity index (χ0) is 22.9. The van der Waals surface area contributed by atoms with Gasteiger partial charge in [0.15, 0.2) is 0 Å². The smallest absolute Gasteiger partial charge is 0.260 e. The first-order valence-electron chi connectivity index (χ1n) is 11.4. The molecule has 0 atom stereocenters. The zero-order valence-electron chi connectivity index (χ0n) is 19.8. The molecule has 1 N–H and O–H groups in total. The Morgan fingerprint density at radius 1 is 1.24 bits per heavy atom. The van der Waals surface area contributed by atoms with Crippen molar-refractivity contribution < 1.29 is 9.47 Å². The van der Waals surface area contributed by atoms with E-state index in [0.717, 1.165) is 60.7 Å². The van der Waals surface area contributed by atoms with Gasteiger partial charge in [0.2, 0.25) is 5.95 Å². The average Bonchev–Trinajstić information content (AvgIpc) is 3.67. The second kappa shape index (κ2) is 10.2. The van der Waals surface area contributed by atoms with Crippen molar-refractivity contribution in [3.05, 3.63) is 51.3 Å². The number of hydrogen-bond acceptors (Lipinski definition) is 8. The van der Waals surface area contributed by atoms with E-state index in [1.807, 2.05) is 25.4 Å². The van der Waals surface area contributed by atoms with Gasteiger partial charge in [-0.25, -0.2) is 15.0 Å². The van der Waals surface area contributed by atoms with Crippen molar-refractivity contribution in [3.63, 3.8) is 0 Å². The normalized spacial score (nSPS) is 15.4. The summed E-state index contributed by atoms with van der Waals surface area (Å²) in [5.74, 6) is 2.57. The number of nitrogens with one attached hydrogen (secondary N) is 1. The molecule has 3 heterocycles. The highest BCUT2D eigenvalue weighted by atomic mass is 35.5. The molecule has 0 saturated heterocycles. The second-order valence-electron chi connectivity index (χ2n) is 8.93. The predicted octanol–water partition coefficient (Wildman–Crippen LogP) is 2.66. The van der Waals surface area contributed by atoms with Crippen LogP contribution in [0.3, 0.4) is 0 Å². The maximum atomic E-state index is 13.1. The molecule has 1 fully saturated rings. The molecular weight excluding hydrogens is 456 g/mol. The maximum Gasteiger partial charge on any atom is 0.260 e. The number of benzene rings is 1. The number of nitrogens with zero attached hydrogens (tertiary/aromatic N) is 5. The Kier molecular flexibility index (Phi) is 7.35. The minimum atomic E-state index is -0.0870. The van der Waals surface area contributed by atoms with Gasteiger partial charge in [-0.05, 0) is 37.4 Å². The fourth-order valence-corrected chi connectivity index (χ4v) is 4.43. The zero-order valence-corrected chi connectivity index (χ0v) is 20.7. The fraction of sp³-hybridized carbons (Fsp3) is 0.500. The number of aromatic amines is 1. The summed E-state index contributed by atoms with van der Waals surface area (Å²) in [5.41, 5.74) is 3.78. The Morgan fingerprint density at radius 3 is 2.79 bits per heavy atom. The molecule has 9 nitrogen and oxygen atoms in total. The first-order chi connectivity index (χ1) is 16.1. The van der Waals surface area contributed by atoms with Crippen molar-refractivity contribution in [2.45, 2.75) is 38.3 Å². The van der Waals surface area contributed by atoms with Crippen LogP contribution in [0.5, 0.6) is 5.75 Å². The van der Waals surface area contributed by atoms with Gasteiger partial charge in [0, 0.05) is 51.0 Å². The van der Waals surface area contributed by atoms with E-state index in [-0.39, 0.29) is 18.0 Å². The van der Waals surface area contributed by atoms with Crippen molar-refractivity contribution >= 4 is 29.3 Å². The summed E-state index contributed by atoms with van der Waals surface area (Å²) in [5, 5.41) is 0.685. The van der Waals surface area contributed by atoms with Crippen LogP contribution in [0.4, 0.5) is 5.95 Å². The van der Waals surface area contributed by atoms with Crippen molar-refractivity contribution in [1.29, 1.82) is 0 Å². The van der Waals surface area contributed by atoms with E-state index in [2.05, 4.69) is 19.8 Å². The predicted molar refractivity (Wildman–Crippen MR) is 133 cm³/mol. The number of likely N-dealkylation sites (N-methyl/N-ethyl adjacent to an activating group) is 1. The molecule has 0 spiro atoms. The van der Waals surface area contributed by atoms with E-state index in [1.54, 1.807) is 14.2 Å². The Balaban J connectivity index is 0.00000274. The van der Waals surface area contributed by atoms with Gasteiger partial charge in [-0.3, -0.25) is 14.7 Å². The lowest BCUT2D eigenvalue weighted by molar-refractivity contribution is 0.157. The Hall–Kier alpha value is -2.75. The number of ether oxygens (including phenoxy) is 2. The highest BCUT2D eigenvalue weighted by Gasteiger charge is 2.28. The topological polar surface area (TPSA) is 96.5 Å². The van der Waals surface area contributed by atoms with Crippen molar-refractivity contribution in [1.82, 2.24) is 24.8 Å². The molecule has 3 aromatic rings. The highest BCUT2D eigenvalue weighted by molar-refractivity contribution is 5.85. The van der Waals surface area contributed by atoms with Crippen LogP contribution in [-0.2, 0) is 24.2 Å². The highest BCUT2D eigenvalue weighted by Crippen LogP contribution is 2.43. The number of methoxy groups -OCH3 is 2. The van der Waals surface area contributed by atoms with Gasteiger partial charge in [0.25, 0.3) is 5.56 Å². The van der Waals surface area contributed by atoms with E-state index in [9.17, 15) is 4.79 Å². The lowest BCUT2D eigenvalue weighted by atomic mass is 10.0. The quantitative estimate of drug-likeness (QED) is 0.519. The number of rotatable bonds is 8. The number of H-pyrrole nitrogens is 1. The van der Waals surface area contributed by atoms with Gasteiger partial charge >= 0.3 is 0 Å². The maximum absolute atomic E-state index is 13.1. The molecule has 1 aliphatic heterocycles. The Morgan fingerprint density at radius 2 is 2.06 bits per heavy atom. The van der Waals surface area contributed by atoms with Gasteiger partial charge in [-0.15, -0.1) is 12.4 Å². The molecule has 0 bridgehead atoms. The number of hydrogen-bond donors (Lipinski definition) is 1. The van der Waals surface area contributed by atoms with Gasteiger partial charge in [0.1, 0.15) is 11.6 Å². The molecule has 2 aromatic heterocycles. The van der Waals surface area contributed by atoms with E-state index in [0.29, 0.717) is 42.5 Å². The first-order valence-corrected chi connectivity index (χ1v) is 11.4. The molecule has 1 saturated carbocycles. The molecule has 0 radical (unpaired) electrons. The molecule has 1 aliphatic carbocycles. The van der Waals surface area contributed by atoms with Crippen LogP contribution in [-0.4, -0.2) is 65.8 Å². The molecule has 1 aromatic carbocycles. The van der Waals surface area contributed by atoms with Crippen LogP contribution < -0.4 is 15.2 Å². The summed E-state index contributed by atoms with van der Waals surface area (Å²) >= 11 is 0. The summed E-state index contributed by atoms with van der Waals surface area (Å²) in [6, 6.07) is 3.84. The molecule has 182 valence electrons. The van der Waals surface area contributed by atoms with E-state index in [1.165, 1.54) is 0 Å². The molecule has 0 unspecified atom stereocenters. The Bertz CT molecular complexity index is 1230.